The Morgan fingerprint density at radius 1 is 1.05 bits per heavy atom. The van der Waals surface area contributed by atoms with Crippen molar-refractivity contribution < 1.29 is 4.74 Å². The molecule has 1 aromatic rings. The predicted octanol–water partition coefficient (Wildman–Crippen LogP) is 6.27. The van der Waals surface area contributed by atoms with Gasteiger partial charge in [-0.2, -0.15) is 0 Å². The average molecular weight is 482 g/mol. The number of benzene rings is 1. The average Bonchev–Trinajstić information content (AvgIpc) is 2.44. The summed E-state index contributed by atoms with van der Waals surface area (Å²) in [7, 11) is 0. The first-order valence-electron chi connectivity index (χ1n) is 7.63. The Labute approximate surface area is 151 Å². The van der Waals surface area contributed by atoms with E-state index in [9.17, 15) is 0 Å². The van der Waals surface area contributed by atoms with Crippen LogP contribution in [-0.4, -0.2) is 18.2 Å². The topological polar surface area (TPSA) is 21.3 Å². The molecule has 0 radical (unpaired) electrons. The van der Waals surface area contributed by atoms with Crippen molar-refractivity contribution >= 4 is 53.5 Å². The molecule has 1 saturated heterocycles. The molecule has 3 rings (SSSR count). The van der Waals surface area contributed by atoms with E-state index in [2.05, 4.69) is 65.2 Å². The summed E-state index contributed by atoms with van der Waals surface area (Å²) in [6, 6.07) is 4.66. The van der Waals surface area contributed by atoms with E-state index in [-0.39, 0.29) is 5.60 Å². The Hall–Kier alpha value is 0.420. The summed E-state index contributed by atoms with van der Waals surface area (Å²) in [5, 5.41) is 3.72. The van der Waals surface area contributed by atoms with Crippen LogP contribution in [0.1, 0.15) is 44.9 Å². The van der Waals surface area contributed by atoms with Crippen LogP contribution in [0, 0.1) is 0 Å². The van der Waals surface area contributed by atoms with Gasteiger partial charge in [-0.15, -0.1) is 0 Å². The number of hydrogen-bond donors (Lipinski definition) is 1. The van der Waals surface area contributed by atoms with Gasteiger partial charge in [-0.05, 0) is 69.7 Å². The molecule has 2 nitrogen and oxygen atoms in total. The summed E-state index contributed by atoms with van der Waals surface area (Å²) in [5.41, 5.74) is 1.29. The zero-order valence-electron chi connectivity index (χ0n) is 11.9. The third-order valence-corrected chi connectivity index (χ3v) is 6.32. The Morgan fingerprint density at radius 3 is 2.38 bits per heavy atom. The van der Waals surface area contributed by atoms with Gasteiger partial charge < -0.3 is 10.1 Å². The fourth-order valence-corrected chi connectivity index (χ4v) is 6.07. The van der Waals surface area contributed by atoms with E-state index in [1.807, 2.05) is 0 Å². The molecule has 2 fully saturated rings. The van der Waals surface area contributed by atoms with Gasteiger partial charge in [-0.1, -0.05) is 35.2 Å². The third-order valence-electron chi connectivity index (χ3n) is 4.61. The second kappa shape index (κ2) is 6.90. The van der Waals surface area contributed by atoms with Crippen LogP contribution in [0.25, 0.3) is 0 Å². The van der Waals surface area contributed by atoms with Crippen molar-refractivity contribution in [1.29, 1.82) is 0 Å². The molecular weight excluding hydrogens is 462 g/mol. The van der Waals surface area contributed by atoms with Crippen LogP contribution >= 0.6 is 47.8 Å². The molecule has 21 heavy (non-hydrogen) atoms. The fraction of sp³-hybridized carbons (Fsp3) is 0.625. The monoisotopic (exact) mass is 479 g/mol. The second-order valence-corrected chi connectivity index (χ2v) is 8.79. The van der Waals surface area contributed by atoms with E-state index in [1.165, 1.54) is 32.1 Å². The number of anilines is 1. The van der Waals surface area contributed by atoms with Crippen molar-refractivity contribution in [3.8, 4) is 0 Å². The minimum atomic E-state index is 0.141. The standard InChI is InChI=1S/C16H20Br3NO/c17-11-8-13(18)15(14(19)9-11)20-12-4-7-21-16(10-12)5-2-1-3-6-16/h8-9,12,20H,1-7,10H2. The van der Waals surface area contributed by atoms with Crippen LogP contribution in [0.15, 0.2) is 25.6 Å². The molecule has 1 aliphatic carbocycles. The molecule has 1 spiro atoms. The van der Waals surface area contributed by atoms with Gasteiger partial charge in [0.1, 0.15) is 0 Å². The number of ether oxygens (including phenoxy) is 1. The third kappa shape index (κ3) is 3.85. The van der Waals surface area contributed by atoms with Crippen LogP contribution in [0.2, 0.25) is 0 Å². The van der Waals surface area contributed by atoms with Crippen LogP contribution in [0.5, 0.6) is 0 Å². The summed E-state index contributed by atoms with van der Waals surface area (Å²) in [6.45, 7) is 0.878. The summed E-state index contributed by atoms with van der Waals surface area (Å²) in [6.07, 6.45) is 8.67. The lowest BCUT2D eigenvalue weighted by Crippen LogP contribution is -2.45. The molecule has 0 bridgehead atoms. The minimum absolute atomic E-state index is 0.141. The molecule has 1 N–H and O–H groups in total. The molecule has 1 saturated carbocycles. The first-order valence-corrected chi connectivity index (χ1v) is 10.0. The molecule has 0 amide bonds. The van der Waals surface area contributed by atoms with Gasteiger partial charge in [0.2, 0.25) is 0 Å². The highest BCUT2D eigenvalue weighted by Crippen LogP contribution is 2.41. The minimum Gasteiger partial charge on any atom is -0.380 e. The lowest BCUT2D eigenvalue weighted by Gasteiger charge is -2.44. The van der Waals surface area contributed by atoms with E-state index in [4.69, 9.17) is 4.74 Å². The number of nitrogens with one attached hydrogen (secondary N) is 1. The summed E-state index contributed by atoms with van der Waals surface area (Å²) >= 11 is 10.8. The summed E-state index contributed by atoms with van der Waals surface area (Å²) in [4.78, 5) is 0. The maximum atomic E-state index is 6.18. The number of rotatable bonds is 2. The van der Waals surface area contributed by atoms with Crippen molar-refractivity contribution in [3.63, 3.8) is 0 Å². The highest BCUT2D eigenvalue weighted by molar-refractivity contribution is 9.11. The van der Waals surface area contributed by atoms with Crippen LogP contribution < -0.4 is 5.32 Å². The molecule has 1 unspecified atom stereocenters. The van der Waals surface area contributed by atoms with E-state index >= 15 is 0 Å². The molecule has 116 valence electrons. The SMILES string of the molecule is Brc1cc(Br)c(NC2CCOC3(CCCCC3)C2)c(Br)c1. The Bertz CT molecular complexity index is 486. The highest BCUT2D eigenvalue weighted by Gasteiger charge is 2.38. The second-order valence-electron chi connectivity index (χ2n) is 6.17. The normalized spacial score (nSPS) is 25.0. The van der Waals surface area contributed by atoms with E-state index in [0.29, 0.717) is 6.04 Å². The Morgan fingerprint density at radius 2 is 1.71 bits per heavy atom. The van der Waals surface area contributed by atoms with Crippen molar-refractivity contribution in [2.75, 3.05) is 11.9 Å². The Kier molecular flexibility index (Phi) is 5.35. The zero-order chi connectivity index (χ0) is 14.9. The Balaban J connectivity index is 1.73. The molecule has 5 heteroatoms. The maximum Gasteiger partial charge on any atom is 0.0702 e. The lowest BCUT2D eigenvalue weighted by atomic mass is 9.78. The van der Waals surface area contributed by atoms with Crippen LogP contribution in [0.3, 0.4) is 0 Å². The molecule has 0 aromatic heterocycles. The van der Waals surface area contributed by atoms with Crippen molar-refractivity contribution in [2.45, 2.75) is 56.6 Å². The van der Waals surface area contributed by atoms with Gasteiger partial charge in [0.25, 0.3) is 0 Å². The van der Waals surface area contributed by atoms with Crippen molar-refractivity contribution in [1.82, 2.24) is 0 Å². The summed E-state index contributed by atoms with van der Waals surface area (Å²) in [5.74, 6) is 0. The molecule has 1 aromatic carbocycles. The molecule has 1 heterocycles. The van der Waals surface area contributed by atoms with E-state index in [1.54, 1.807) is 0 Å². The van der Waals surface area contributed by atoms with Gasteiger partial charge in [-0.25, -0.2) is 0 Å². The lowest BCUT2D eigenvalue weighted by molar-refractivity contribution is -0.103. The first kappa shape index (κ1) is 16.3. The largest absolute Gasteiger partial charge is 0.380 e. The molecule has 1 atom stereocenters. The quantitative estimate of drug-likeness (QED) is 0.537. The molecule has 2 aliphatic rings. The van der Waals surface area contributed by atoms with Gasteiger partial charge in [0.05, 0.1) is 11.3 Å². The van der Waals surface area contributed by atoms with Gasteiger partial charge >= 0.3 is 0 Å². The molecular formula is C16H20Br3NO. The van der Waals surface area contributed by atoms with Crippen molar-refractivity contribution in [3.05, 3.63) is 25.6 Å². The van der Waals surface area contributed by atoms with Crippen LogP contribution in [0.4, 0.5) is 5.69 Å². The summed E-state index contributed by atoms with van der Waals surface area (Å²) < 4.78 is 9.44. The van der Waals surface area contributed by atoms with Crippen molar-refractivity contribution in [2.24, 2.45) is 0 Å². The van der Waals surface area contributed by atoms with E-state index in [0.717, 1.165) is 38.6 Å². The van der Waals surface area contributed by atoms with Gasteiger partial charge in [0.15, 0.2) is 0 Å². The zero-order valence-corrected chi connectivity index (χ0v) is 16.7. The first-order chi connectivity index (χ1) is 10.1. The van der Waals surface area contributed by atoms with Gasteiger partial charge in [0, 0.05) is 26.1 Å². The highest BCUT2D eigenvalue weighted by atomic mass is 79.9. The van der Waals surface area contributed by atoms with Crippen LogP contribution in [-0.2, 0) is 4.74 Å². The molecule has 1 aliphatic heterocycles. The van der Waals surface area contributed by atoms with E-state index < -0.39 is 0 Å². The number of hydrogen-bond acceptors (Lipinski definition) is 2. The smallest absolute Gasteiger partial charge is 0.0702 e. The fourth-order valence-electron chi connectivity index (χ4n) is 3.58. The van der Waals surface area contributed by atoms with Gasteiger partial charge in [-0.3, -0.25) is 0 Å². The number of halogens is 3. The maximum absolute atomic E-state index is 6.18. The predicted molar refractivity (Wildman–Crippen MR) is 98.0 cm³/mol.